The first-order valence-corrected chi connectivity index (χ1v) is 14.3. The first-order valence-electron chi connectivity index (χ1n) is 12.9. The van der Waals surface area contributed by atoms with E-state index in [1.165, 1.54) is 29.4 Å². The van der Waals surface area contributed by atoms with E-state index < -0.39 is 33.8 Å². The van der Waals surface area contributed by atoms with Crippen LogP contribution in [0.5, 0.6) is 0 Å². The third-order valence-electron chi connectivity index (χ3n) is 6.43. The molecule has 0 radical (unpaired) electrons. The molecular formula is C24H37N7O6S. The van der Waals surface area contributed by atoms with Crippen LogP contribution < -0.4 is 15.9 Å². The van der Waals surface area contributed by atoms with Crippen LogP contribution in [0.1, 0.15) is 45.4 Å². The zero-order valence-corrected chi connectivity index (χ0v) is 22.4. The molecule has 4 N–H and O–H groups in total. The van der Waals surface area contributed by atoms with E-state index in [4.69, 9.17) is 10.6 Å². The summed E-state index contributed by atoms with van der Waals surface area (Å²) in [5, 5.41) is 6.39. The number of hydrogen-bond acceptors (Lipinski definition) is 9. The number of piperidine rings is 1. The second kappa shape index (κ2) is 14.0. The van der Waals surface area contributed by atoms with Crippen LogP contribution in [0, 0.1) is 5.92 Å². The molecule has 0 bridgehead atoms. The van der Waals surface area contributed by atoms with Crippen LogP contribution >= 0.6 is 0 Å². The molecule has 1 aromatic heterocycles. The number of nitrogens with one attached hydrogen (secondary N) is 2. The van der Waals surface area contributed by atoms with Gasteiger partial charge in [-0.05, 0) is 50.7 Å². The van der Waals surface area contributed by atoms with Crippen LogP contribution in [0.2, 0.25) is 0 Å². The number of pyridine rings is 1. The van der Waals surface area contributed by atoms with Gasteiger partial charge in [0, 0.05) is 44.6 Å². The number of nitrogens with zero attached hydrogens (tertiary/aromatic N) is 4. The van der Waals surface area contributed by atoms with E-state index in [1.54, 1.807) is 13.3 Å². The van der Waals surface area contributed by atoms with Crippen molar-refractivity contribution in [1.82, 2.24) is 24.8 Å². The highest BCUT2D eigenvalue weighted by Gasteiger charge is 2.38. The van der Waals surface area contributed by atoms with Gasteiger partial charge in [-0.1, -0.05) is 0 Å². The summed E-state index contributed by atoms with van der Waals surface area (Å²) < 4.78 is 33.4. The summed E-state index contributed by atoms with van der Waals surface area (Å²) in [6.45, 7) is 3.89. The maximum atomic E-state index is 13.6. The quantitative estimate of drug-likeness (QED) is 0.0928. The summed E-state index contributed by atoms with van der Waals surface area (Å²) in [6, 6.07) is 1.37. The maximum absolute atomic E-state index is 13.6. The number of nitrogens with two attached hydrogens (primary N) is 1. The topological polar surface area (TPSA) is 176 Å². The number of rotatable bonds is 14. The summed E-state index contributed by atoms with van der Waals surface area (Å²) in [4.78, 5) is 45.6. The van der Waals surface area contributed by atoms with Crippen LogP contribution in [-0.2, 0) is 29.1 Å². The molecular weight excluding hydrogens is 514 g/mol. The van der Waals surface area contributed by atoms with Crippen molar-refractivity contribution >= 4 is 34.1 Å². The van der Waals surface area contributed by atoms with Crippen molar-refractivity contribution in [3.63, 3.8) is 0 Å². The van der Waals surface area contributed by atoms with Crippen molar-refractivity contribution in [2.45, 2.75) is 62.4 Å². The third-order valence-corrected chi connectivity index (χ3v) is 7.89. The van der Waals surface area contributed by atoms with E-state index in [2.05, 4.69) is 20.1 Å². The summed E-state index contributed by atoms with van der Waals surface area (Å²) in [5.41, 5.74) is 0. The highest BCUT2D eigenvalue weighted by Crippen LogP contribution is 2.28. The van der Waals surface area contributed by atoms with Crippen molar-refractivity contribution in [3.05, 3.63) is 24.5 Å². The minimum Gasteiger partial charge on any atom is -0.466 e. The van der Waals surface area contributed by atoms with E-state index in [0.29, 0.717) is 13.1 Å². The van der Waals surface area contributed by atoms with Gasteiger partial charge in [-0.3, -0.25) is 19.4 Å². The average molecular weight is 552 g/mol. The van der Waals surface area contributed by atoms with Crippen LogP contribution in [-0.4, -0.2) is 92.2 Å². The van der Waals surface area contributed by atoms with Crippen molar-refractivity contribution in [2.75, 3.05) is 32.8 Å². The number of sulfonamides is 1. The monoisotopic (exact) mass is 551 g/mol. The van der Waals surface area contributed by atoms with Crippen molar-refractivity contribution in [2.24, 2.45) is 16.9 Å². The Morgan fingerprint density at radius 3 is 2.79 bits per heavy atom. The van der Waals surface area contributed by atoms with E-state index >= 15 is 0 Å². The van der Waals surface area contributed by atoms with Gasteiger partial charge in [0.1, 0.15) is 17.3 Å². The zero-order chi connectivity index (χ0) is 27.5. The predicted octanol–water partition coefficient (Wildman–Crippen LogP) is -0.207. The minimum absolute atomic E-state index is 0.0192. The molecule has 2 fully saturated rings. The van der Waals surface area contributed by atoms with Gasteiger partial charge in [-0.15, -0.1) is 0 Å². The minimum atomic E-state index is -4.14. The fraction of sp³-hybridized carbons (Fsp3) is 0.625. The van der Waals surface area contributed by atoms with E-state index in [0.717, 1.165) is 32.2 Å². The van der Waals surface area contributed by atoms with Gasteiger partial charge in [-0.2, -0.15) is 9.82 Å². The SMILES string of the molecule is CCOC(=O)CCN(C(=O)[C@H](CC(=O)NC[C@@H]1CCCN(C=NN)C1)NS(=O)(=O)c1cccnc1)C1CC1. The van der Waals surface area contributed by atoms with Gasteiger partial charge in [0.2, 0.25) is 21.8 Å². The molecule has 3 rings (SSSR count). The molecule has 2 amide bonds. The van der Waals surface area contributed by atoms with Crippen LogP contribution in [0.15, 0.2) is 34.5 Å². The second-order valence-electron chi connectivity index (χ2n) is 9.46. The Hall–Kier alpha value is -3.26. The van der Waals surface area contributed by atoms with Crippen LogP contribution in [0.3, 0.4) is 0 Å². The van der Waals surface area contributed by atoms with E-state index in [9.17, 15) is 22.8 Å². The van der Waals surface area contributed by atoms with E-state index in [1.807, 2.05) is 4.90 Å². The Labute approximate surface area is 223 Å². The Balaban J connectivity index is 1.70. The fourth-order valence-corrected chi connectivity index (χ4v) is 5.58. The first kappa shape index (κ1) is 29.3. The fourth-order valence-electron chi connectivity index (χ4n) is 4.42. The molecule has 38 heavy (non-hydrogen) atoms. The maximum Gasteiger partial charge on any atom is 0.307 e. The number of likely N-dealkylation sites (tertiary alicyclic amines) is 1. The molecule has 1 saturated carbocycles. The van der Waals surface area contributed by atoms with Gasteiger partial charge in [-0.25, -0.2) is 8.42 Å². The molecule has 210 valence electrons. The predicted molar refractivity (Wildman–Crippen MR) is 139 cm³/mol. The summed E-state index contributed by atoms with van der Waals surface area (Å²) in [7, 11) is -4.14. The van der Waals surface area contributed by atoms with Gasteiger partial charge >= 0.3 is 5.97 Å². The lowest BCUT2D eigenvalue weighted by Gasteiger charge is -2.31. The number of ether oxygens (including phenoxy) is 1. The van der Waals surface area contributed by atoms with Gasteiger partial charge in [0.05, 0.1) is 19.4 Å². The molecule has 1 aliphatic heterocycles. The van der Waals surface area contributed by atoms with Crippen molar-refractivity contribution in [3.8, 4) is 0 Å². The summed E-state index contributed by atoms with van der Waals surface area (Å²) in [6.07, 6.45) is 7.09. The number of hydrazone groups is 1. The lowest BCUT2D eigenvalue weighted by Crippen LogP contribution is -2.52. The molecule has 2 aliphatic rings. The Morgan fingerprint density at radius 1 is 1.34 bits per heavy atom. The van der Waals surface area contributed by atoms with Crippen molar-refractivity contribution in [1.29, 1.82) is 0 Å². The molecule has 0 spiro atoms. The average Bonchev–Trinajstić information content (AvgIpc) is 3.73. The van der Waals surface area contributed by atoms with E-state index in [-0.39, 0.29) is 42.8 Å². The van der Waals surface area contributed by atoms with Gasteiger partial charge < -0.3 is 25.7 Å². The molecule has 2 atom stereocenters. The molecule has 1 saturated heterocycles. The molecule has 0 aromatic carbocycles. The highest BCUT2D eigenvalue weighted by molar-refractivity contribution is 7.89. The number of carbonyl (C=O) groups excluding carboxylic acids is 3. The number of hydrogen-bond donors (Lipinski definition) is 3. The van der Waals surface area contributed by atoms with Crippen molar-refractivity contribution < 1.29 is 27.5 Å². The largest absolute Gasteiger partial charge is 0.466 e. The zero-order valence-electron chi connectivity index (χ0n) is 21.6. The highest BCUT2D eigenvalue weighted by atomic mass is 32.2. The van der Waals surface area contributed by atoms with Crippen LogP contribution in [0.25, 0.3) is 0 Å². The Kier molecular flexibility index (Phi) is 10.8. The second-order valence-corrected chi connectivity index (χ2v) is 11.2. The smallest absolute Gasteiger partial charge is 0.307 e. The third kappa shape index (κ3) is 8.94. The standard InChI is InChI=1S/C24H37N7O6S/c1-2-37-23(33)9-12-31(19-7-8-19)24(34)21(29-38(35,36)20-6-3-10-26-15-20)13-22(32)27-14-18-5-4-11-30(16-18)17-28-25/h3,6,10,15,17-19,21,29H,2,4-5,7-9,11-14,16,25H2,1H3,(H,27,32)/t18-,21-/m0/s1. The number of aromatic nitrogens is 1. The first-order chi connectivity index (χ1) is 18.2. The molecule has 2 heterocycles. The summed E-state index contributed by atoms with van der Waals surface area (Å²) in [5.74, 6) is 3.95. The normalized spacial score (nSPS) is 18.7. The Morgan fingerprint density at radius 2 is 2.13 bits per heavy atom. The van der Waals surface area contributed by atoms with Crippen LogP contribution in [0.4, 0.5) is 0 Å². The molecule has 13 nitrogen and oxygen atoms in total. The summed E-state index contributed by atoms with van der Waals surface area (Å²) >= 11 is 0. The van der Waals surface area contributed by atoms with Gasteiger partial charge in [0.15, 0.2) is 0 Å². The lowest BCUT2D eigenvalue weighted by molar-refractivity contribution is -0.144. The Bertz CT molecular complexity index is 1080. The number of amides is 2. The molecule has 1 aromatic rings. The lowest BCUT2D eigenvalue weighted by atomic mass is 9.98. The number of esters is 1. The van der Waals surface area contributed by atoms with Gasteiger partial charge in [0.25, 0.3) is 0 Å². The molecule has 14 heteroatoms. The molecule has 1 aliphatic carbocycles. The molecule has 0 unspecified atom stereocenters. The number of carbonyl (C=O) groups is 3.